The lowest BCUT2D eigenvalue weighted by Crippen LogP contribution is -2.25. The lowest BCUT2D eigenvalue weighted by molar-refractivity contribution is -0.0886. The molecule has 1 aromatic rings. The highest BCUT2D eigenvalue weighted by Crippen LogP contribution is 2.27. The quantitative estimate of drug-likeness (QED) is 0.656. The van der Waals surface area contributed by atoms with Gasteiger partial charge in [0, 0.05) is 0 Å². The number of nitrogens with zero attached hydrogens (tertiary/aromatic N) is 1. The van der Waals surface area contributed by atoms with Crippen LogP contribution in [-0.4, -0.2) is 23.0 Å². The van der Waals surface area contributed by atoms with Gasteiger partial charge < -0.3 is 10.5 Å². The van der Waals surface area contributed by atoms with Crippen LogP contribution in [0.5, 0.6) is 5.88 Å². The Labute approximate surface area is 97.3 Å². The number of carbonyl (C=O) groups excluding carboxylic acids is 2. The van der Waals surface area contributed by atoms with E-state index in [4.69, 9.17) is 11.6 Å². The molecule has 17 heavy (non-hydrogen) atoms. The molecule has 1 aromatic heterocycles. The summed E-state index contributed by atoms with van der Waals surface area (Å²) in [5, 5.41) is -0.250. The first kappa shape index (κ1) is 13.2. The number of nitrogens with two attached hydrogens (primary N) is 1. The zero-order valence-corrected chi connectivity index (χ0v) is 8.67. The number of pyridine rings is 1. The van der Waals surface area contributed by atoms with Gasteiger partial charge in [0.1, 0.15) is 5.15 Å². The summed E-state index contributed by atoms with van der Waals surface area (Å²) in [6.45, 7) is 0. The van der Waals surface area contributed by atoms with Crippen molar-refractivity contribution in [3.05, 3.63) is 22.8 Å². The highest BCUT2D eigenvalue weighted by molar-refractivity contribution is 6.29. The summed E-state index contributed by atoms with van der Waals surface area (Å²) in [5.74, 6) is -3.09. The largest absolute Gasteiger partial charge is 0.455 e. The summed E-state index contributed by atoms with van der Waals surface area (Å²) in [6, 6.07) is 1.69. The second-order valence-electron chi connectivity index (χ2n) is 2.73. The van der Waals surface area contributed by atoms with E-state index in [-0.39, 0.29) is 5.15 Å². The van der Waals surface area contributed by atoms with Gasteiger partial charge in [0.15, 0.2) is 0 Å². The summed E-state index contributed by atoms with van der Waals surface area (Å²) < 4.78 is 40.7. The van der Waals surface area contributed by atoms with Crippen LogP contribution >= 0.6 is 11.6 Å². The van der Waals surface area contributed by atoms with Crippen LogP contribution in [-0.2, 0) is 0 Å². The zero-order chi connectivity index (χ0) is 13.2. The topological polar surface area (TPSA) is 82.3 Å². The van der Waals surface area contributed by atoms with Gasteiger partial charge in [-0.2, -0.15) is 13.2 Å². The zero-order valence-electron chi connectivity index (χ0n) is 7.92. The molecule has 0 unspecified atom stereocenters. The molecule has 0 aliphatic heterocycles. The van der Waals surface area contributed by atoms with Crippen molar-refractivity contribution in [1.82, 2.24) is 4.98 Å². The van der Waals surface area contributed by atoms with Crippen LogP contribution in [0.3, 0.4) is 0 Å². The molecule has 1 amide bonds. The molecule has 0 bridgehead atoms. The van der Waals surface area contributed by atoms with E-state index in [2.05, 4.69) is 15.5 Å². The fourth-order valence-corrected chi connectivity index (χ4v) is 1.06. The average Bonchev–Trinajstić information content (AvgIpc) is 2.14. The summed E-state index contributed by atoms with van der Waals surface area (Å²) in [5.41, 5.74) is 3.67. The second kappa shape index (κ2) is 4.58. The fourth-order valence-electron chi connectivity index (χ4n) is 0.916. The van der Waals surface area contributed by atoms with Crippen LogP contribution in [0.1, 0.15) is 10.4 Å². The molecule has 0 aromatic carbocycles. The Morgan fingerprint density at radius 1 is 1.35 bits per heavy atom. The molecule has 1 rings (SSSR count). The number of primary amides is 1. The molecule has 0 spiro atoms. The first-order valence-corrected chi connectivity index (χ1v) is 4.35. The minimum atomic E-state index is -5.12. The third kappa shape index (κ3) is 3.31. The molecule has 0 aliphatic rings. The summed E-state index contributed by atoms with van der Waals surface area (Å²) in [4.78, 5) is 24.6. The van der Waals surface area contributed by atoms with E-state index in [0.717, 1.165) is 12.1 Å². The number of alkyl halides is 3. The predicted octanol–water partition coefficient (Wildman–Crippen LogP) is 1.94. The van der Waals surface area contributed by atoms with Gasteiger partial charge in [0.2, 0.25) is 5.88 Å². The van der Waals surface area contributed by atoms with Gasteiger partial charge in [-0.25, -0.2) is 9.78 Å². The lowest BCUT2D eigenvalue weighted by atomic mass is 10.2. The molecule has 0 saturated heterocycles. The lowest BCUT2D eigenvalue weighted by Gasteiger charge is -2.08. The SMILES string of the molecule is NC(=O)Oc1nc(Cl)ccc1C(=O)C(F)(F)F. The molecular weight excluding hydrogens is 265 g/mol. The number of hydrogen-bond acceptors (Lipinski definition) is 4. The van der Waals surface area contributed by atoms with Crippen LogP contribution in [0.4, 0.5) is 18.0 Å². The van der Waals surface area contributed by atoms with Gasteiger partial charge in [0.25, 0.3) is 5.78 Å². The number of ether oxygens (including phenoxy) is 1. The molecule has 9 heteroatoms. The minimum absolute atomic E-state index is 0.250. The molecule has 2 N–H and O–H groups in total. The molecule has 0 radical (unpaired) electrons. The van der Waals surface area contributed by atoms with Crippen molar-refractivity contribution >= 4 is 23.5 Å². The Bertz CT molecular complexity index is 476. The van der Waals surface area contributed by atoms with Crippen molar-refractivity contribution in [2.45, 2.75) is 6.18 Å². The molecular formula is C8H4ClF3N2O3. The van der Waals surface area contributed by atoms with E-state index in [9.17, 15) is 22.8 Å². The average molecular weight is 269 g/mol. The highest BCUT2D eigenvalue weighted by Gasteiger charge is 2.41. The number of aromatic nitrogens is 1. The molecule has 0 aliphatic carbocycles. The Hall–Kier alpha value is -1.83. The van der Waals surface area contributed by atoms with Gasteiger partial charge >= 0.3 is 12.3 Å². The van der Waals surface area contributed by atoms with Gasteiger partial charge in [-0.15, -0.1) is 0 Å². The van der Waals surface area contributed by atoms with E-state index < -0.39 is 29.5 Å². The van der Waals surface area contributed by atoms with Crippen molar-refractivity contribution in [3.8, 4) is 5.88 Å². The summed E-state index contributed by atoms with van der Waals surface area (Å²) in [6.07, 6.45) is -6.53. The fraction of sp³-hybridized carbons (Fsp3) is 0.125. The second-order valence-corrected chi connectivity index (χ2v) is 3.12. The van der Waals surface area contributed by atoms with Crippen LogP contribution in [0.15, 0.2) is 12.1 Å². The van der Waals surface area contributed by atoms with E-state index >= 15 is 0 Å². The minimum Gasteiger partial charge on any atom is -0.391 e. The number of halogens is 4. The molecule has 0 saturated carbocycles. The molecule has 5 nitrogen and oxygen atoms in total. The molecule has 0 atom stereocenters. The van der Waals surface area contributed by atoms with Crippen LogP contribution in [0, 0.1) is 0 Å². The van der Waals surface area contributed by atoms with Crippen molar-refractivity contribution in [2.75, 3.05) is 0 Å². The summed E-state index contributed by atoms with van der Waals surface area (Å²) >= 11 is 5.38. The highest BCUT2D eigenvalue weighted by atomic mass is 35.5. The maximum Gasteiger partial charge on any atom is 0.455 e. The third-order valence-corrected chi connectivity index (χ3v) is 1.74. The van der Waals surface area contributed by atoms with Crippen molar-refractivity contribution in [1.29, 1.82) is 0 Å². The number of carbonyl (C=O) groups is 2. The molecule has 1 heterocycles. The maximum atomic E-state index is 12.2. The first-order chi connectivity index (χ1) is 7.71. The number of hydrogen-bond donors (Lipinski definition) is 1. The van der Waals surface area contributed by atoms with Gasteiger partial charge in [-0.1, -0.05) is 11.6 Å². The number of ketones is 1. The van der Waals surface area contributed by atoms with E-state index in [0.29, 0.717) is 0 Å². The van der Waals surface area contributed by atoms with Gasteiger partial charge in [-0.05, 0) is 12.1 Å². The predicted molar refractivity (Wildman–Crippen MR) is 49.8 cm³/mol. The Morgan fingerprint density at radius 3 is 2.41 bits per heavy atom. The van der Waals surface area contributed by atoms with Gasteiger partial charge in [-0.3, -0.25) is 4.79 Å². The standard InChI is InChI=1S/C8H4ClF3N2O3/c9-4-2-1-3(5(15)8(10,11)12)6(14-4)17-7(13)16/h1-2H,(H2,13,16). The number of Topliss-reactive ketones (excluding diaryl/α,β-unsaturated/α-hetero) is 1. The smallest absolute Gasteiger partial charge is 0.391 e. The van der Waals surface area contributed by atoms with Crippen LogP contribution in [0.2, 0.25) is 5.15 Å². The molecule has 92 valence electrons. The van der Waals surface area contributed by atoms with E-state index in [1.165, 1.54) is 0 Å². The monoisotopic (exact) mass is 268 g/mol. The van der Waals surface area contributed by atoms with E-state index in [1.807, 2.05) is 0 Å². The Balaban J connectivity index is 3.23. The van der Waals surface area contributed by atoms with E-state index in [1.54, 1.807) is 0 Å². The van der Waals surface area contributed by atoms with Gasteiger partial charge in [0.05, 0.1) is 5.56 Å². The van der Waals surface area contributed by atoms with Crippen molar-refractivity contribution < 1.29 is 27.5 Å². The summed E-state index contributed by atoms with van der Waals surface area (Å²) in [7, 11) is 0. The van der Waals surface area contributed by atoms with Crippen molar-refractivity contribution in [2.24, 2.45) is 5.73 Å². The van der Waals surface area contributed by atoms with Crippen LogP contribution in [0.25, 0.3) is 0 Å². The number of rotatable bonds is 2. The maximum absolute atomic E-state index is 12.2. The van der Waals surface area contributed by atoms with Crippen LogP contribution < -0.4 is 10.5 Å². The Morgan fingerprint density at radius 2 is 1.94 bits per heavy atom. The molecule has 0 fully saturated rings. The number of amides is 1. The van der Waals surface area contributed by atoms with Crippen molar-refractivity contribution in [3.63, 3.8) is 0 Å². The third-order valence-electron chi connectivity index (χ3n) is 1.53. The Kier molecular flexibility index (Phi) is 3.56. The first-order valence-electron chi connectivity index (χ1n) is 3.97. The normalized spacial score (nSPS) is 11.1.